The molecule has 0 spiro atoms. The number of rotatable bonds is 4. The number of nitrogens with one attached hydrogen (secondary N) is 1. The highest BCUT2D eigenvalue weighted by molar-refractivity contribution is 5.89. The fraction of sp³-hybridized carbons (Fsp3) is 0.0769. The van der Waals surface area contributed by atoms with Crippen LogP contribution in [0.3, 0.4) is 0 Å². The summed E-state index contributed by atoms with van der Waals surface area (Å²) in [5.41, 5.74) is -0.244. The number of hydrogen-bond donors (Lipinski definition) is 2. The number of carbonyl (C=O) groups is 1. The third-order valence-corrected chi connectivity index (χ3v) is 2.54. The van der Waals surface area contributed by atoms with Crippen LogP contribution in [0, 0.1) is 11.6 Å². The summed E-state index contributed by atoms with van der Waals surface area (Å²) in [6.45, 7) is 0. The fourth-order valence-electron chi connectivity index (χ4n) is 1.59. The van der Waals surface area contributed by atoms with Gasteiger partial charge in [-0.3, -0.25) is 0 Å². The smallest absolute Gasteiger partial charge is 0.338 e. The van der Waals surface area contributed by atoms with Gasteiger partial charge in [-0.25, -0.2) is 18.6 Å². The second-order valence-electron chi connectivity index (χ2n) is 3.80. The number of halogens is 2. The molecule has 0 unspecified atom stereocenters. The van der Waals surface area contributed by atoms with Crippen LogP contribution in [0.4, 0.5) is 20.3 Å². The summed E-state index contributed by atoms with van der Waals surface area (Å²) in [4.78, 5) is 14.5. The molecule has 0 aliphatic carbocycles. The van der Waals surface area contributed by atoms with Crippen LogP contribution in [0.1, 0.15) is 10.4 Å². The normalized spacial score (nSPS) is 10.2. The molecule has 7 heteroatoms. The maximum absolute atomic E-state index is 13.9. The topological polar surface area (TPSA) is 71.5 Å². The van der Waals surface area contributed by atoms with Crippen molar-refractivity contribution in [3.63, 3.8) is 0 Å². The molecule has 0 bridgehead atoms. The summed E-state index contributed by atoms with van der Waals surface area (Å²) in [7, 11) is 1.33. The van der Waals surface area contributed by atoms with Gasteiger partial charge in [-0.05, 0) is 18.2 Å². The number of methoxy groups -OCH3 is 1. The number of carboxylic acid groups (broad SMARTS) is 1. The van der Waals surface area contributed by atoms with E-state index < -0.39 is 23.2 Å². The minimum absolute atomic E-state index is 0.145. The van der Waals surface area contributed by atoms with Crippen molar-refractivity contribution in [1.29, 1.82) is 0 Å². The summed E-state index contributed by atoms with van der Waals surface area (Å²) < 4.78 is 31.9. The standard InChI is InChI=1S/C13H10F2N2O3/c1-20-10-6-7(14)2-3-9(10)17-12-11(15)8(13(18)19)4-5-16-12/h2-6H,1H3,(H,16,17)(H,18,19). The van der Waals surface area contributed by atoms with Gasteiger partial charge in [0.1, 0.15) is 17.1 Å². The molecule has 0 saturated carbocycles. The summed E-state index contributed by atoms with van der Waals surface area (Å²) in [6.07, 6.45) is 1.16. The maximum Gasteiger partial charge on any atom is 0.338 e. The molecule has 1 aromatic carbocycles. The van der Waals surface area contributed by atoms with E-state index in [-0.39, 0.29) is 17.3 Å². The van der Waals surface area contributed by atoms with Gasteiger partial charge in [-0.1, -0.05) is 0 Å². The Kier molecular flexibility index (Phi) is 3.79. The molecule has 2 aromatic rings. The van der Waals surface area contributed by atoms with Crippen LogP contribution in [0.25, 0.3) is 0 Å². The van der Waals surface area contributed by atoms with Crippen molar-refractivity contribution < 1.29 is 23.4 Å². The minimum Gasteiger partial charge on any atom is -0.494 e. The van der Waals surface area contributed by atoms with Gasteiger partial charge in [-0.2, -0.15) is 0 Å². The van der Waals surface area contributed by atoms with Gasteiger partial charge in [0, 0.05) is 12.3 Å². The molecule has 104 valence electrons. The molecule has 0 radical (unpaired) electrons. The van der Waals surface area contributed by atoms with E-state index >= 15 is 0 Å². The number of benzene rings is 1. The molecule has 0 aliphatic heterocycles. The van der Waals surface area contributed by atoms with Crippen LogP contribution >= 0.6 is 0 Å². The van der Waals surface area contributed by atoms with Crippen molar-refractivity contribution in [3.05, 3.63) is 47.7 Å². The number of carboxylic acids is 1. The van der Waals surface area contributed by atoms with Gasteiger partial charge < -0.3 is 15.2 Å². The molecule has 2 N–H and O–H groups in total. The molecule has 2 rings (SSSR count). The van der Waals surface area contributed by atoms with Gasteiger partial charge in [0.2, 0.25) is 0 Å². The number of hydrogen-bond acceptors (Lipinski definition) is 4. The summed E-state index contributed by atoms with van der Waals surface area (Å²) >= 11 is 0. The first-order valence-corrected chi connectivity index (χ1v) is 5.51. The predicted octanol–water partition coefficient (Wildman–Crippen LogP) is 2.81. The molecule has 0 aliphatic rings. The van der Waals surface area contributed by atoms with Gasteiger partial charge in [0.05, 0.1) is 12.8 Å². The van der Waals surface area contributed by atoms with Gasteiger partial charge in [0.15, 0.2) is 11.6 Å². The number of ether oxygens (including phenoxy) is 1. The van der Waals surface area contributed by atoms with Gasteiger partial charge in [-0.15, -0.1) is 0 Å². The second-order valence-corrected chi connectivity index (χ2v) is 3.80. The van der Waals surface area contributed by atoms with Crippen LogP contribution < -0.4 is 10.1 Å². The van der Waals surface area contributed by atoms with E-state index in [4.69, 9.17) is 9.84 Å². The number of aromatic nitrogens is 1. The van der Waals surface area contributed by atoms with E-state index in [1.165, 1.54) is 13.2 Å². The molecule has 0 atom stereocenters. The molecule has 0 fully saturated rings. The SMILES string of the molecule is COc1cc(F)ccc1Nc1nccc(C(=O)O)c1F. The monoisotopic (exact) mass is 280 g/mol. The van der Waals surface area contributed by atoms with Crippen molar-refractivity contribution in [2.24, 2.45) is 0 Å². The largest absolute Gasteiger partial charge is 0.494 e. The fourth-order valence-corrected chi connectivity index (χ4v) is 1.59. The average Bonchev–Trinajstić information content (AvgIpc) is 2.42. The second kappa shape index (κ2) is 5.52. The van der Waals surface area contributed by atoms with E-state index in [9.17, 15) is 13.6 Å². The van der Waals surface area contributed by atoms with Crippen LogP contribution in [-0.2, 0) is 0 Å². The van der Waals surface area contributed by atoms with Crippen LogP contribution in [0.2, 0.25) is 0 Å². The lowest BCUT2D eigenvalue weighted by Gasteiger charge is -2.11. The zero-order valence-electron chi connectivity index (χ0n) is 10.4. The maximum atomic E-state index is 13.9. The Morgan fingerprint density at radius 1 is 1.35 bits per heavy atom. The molecule has 20 heavy (non-hydrogen) atoms. The van der Waals surface area contributed by atoms with Crippen molar-refractivity contribution >= 4 is 17.5 Å². The zero-order valence-corrected chi connectivity index (χ0v) is 10.4. The van der Waals surface area contributed by atoms with Crippen molar-refractivity contribution in [1.82, 2.24) is 4.98 Å². The molecule has 1 heterocycles. The predicted molar refractivity (Wildman–Crippen MR) is 67.4 cm³/mol. The van der Waals surface area contributed by atoms with E-state index in [1.54, 1.807) is 0 Å². The molecule has 0 saturated heterocycles. The Bertz CT molecular complexity index is 662. The minimum atomic E-state index is -1.40. The lowest BCUT2D eigenvalue weighted by molar-refractivity contribution is 0.0692. The highest BCUT2D eigenvalue weighted by Gasteiger charge is 2.16. The molecule has 5 nitrogen and oxygen atoms in total. The summed E-state index contributed by atoms with van der Waals surface area (Å²) in [5, 5.41) is 11.4. The van der Waals surface area contributed by atoms with E-state index in [1.807, 2.05) is 0 Å². The van der Waals surface area contributed by atoms with Crippen molar-refractivity contribution in [2.45, 2.75) is 0 Å². The molecule has 1 aromatic heterocycles. The van der Waals surface area contributed by atoms with Crippen molar-refractivity contribution in [2.75, 3.05) is 12.4 Å². The number of aromatic carboxylic acids is 1. The van der Waals surface area contributed by atoms with Crippen molar-refractivity contribution in [3.8, 4) is 5.75 Å². The Labute approximate surface area is 112 Å². The lowest BCUT2D eigenvalue weighted by atomic mass is 10.2. The molecular weight excluding hydrogens is 270 g/mol. The van der Waals surface area contributed by atoms with Crippen LogP contribution in [0.5, 0.6) is 5.75 Å². The Hall–Kier alpha value is -2.70. The van der Waals surface area contributed by atoms with Gasteiger partial charge in [0.25, 0.3) is 0 Å². The van der Waals surface area contributed by atoms with Gasteiger partial charge >= 0.3 is 5.97 Å². The molecular formula is C13H10F2N2O3. The number of anilines is 2. The first-order chi connectivity index (χ1) is 9.52. The zero-order chi connectivity index (χ0) is 14.7. The van der Waals surface area contributed by atoms with Crippen LogP contribution in [-0.4, -0.2) is 23.2 Å². The number of pyridine rings is 1. The highest BCUT2D eigenvalue weighted by Crippen LogP contribution is 2.29. The molecule has 0 amide bonds. The summed E-state index contributed by atoms with van der Waals surface area (Å²) in [5.74, 6) is -3.06. The summed E-state index contributed by atoms with van der Waals surface area (Å²) in [6, 6.07) is 4.65. The van der Waals surface area contributed by atoms with E-state index in [0.29, 0.717) is 0 Å². The third kappa shape index (κ3) is 2.66. The van der Waals surface area contributed by atoms with E-state index in [2.05, 4.69) is 10.3 Å². The van der Waals surface area contributed by atoms with E-state index in [0.717, 1.165) is 24.4 Å². The average molecular weight is 280 g/mol. The Balaban J connectivity index is 2.40. The Morgan fingerprint density at radius 2 is 2.10 bits per heavy atom. The quantitative estimate of drug-likeness (QED) is 0.901. The third-order valence-electron chi connectivity index (χ3n) is 2.54. The highest BCUT2D eigenvalue weighted by atomic mass is 19.1. The first kappa shape index (κ1) is 13.7. The van der Waals surface area contributed by atoms with Crippen LogP contribution in [0.15, 0.2) is 30.5 Å². The lowest BCUT2D eigenvalue weighted by Crippen LogP contribution is -2.06. The number of nitrogens with zero attached hydrogens (tertiary/aromatic N) is 1. The Morgan fingerprint density at radius 3 is 2.75 bits per heavy atom. The first-order valence-electron chi connectivity index (χ1n) is 5.51.